The molecule has 3 heteroatoms. The summed E-state index contributed by atoms with van der Waals surface area (Å²) in [6.45, 7) is 0. The number of rotatable bonds is 2. The van der Waals surface area contributed by atoms with Gasteiger partial charge < -0.3 is 10.4 Å². The summed E-state index contributed by atoms with van der Waals surface area (Å²) in [6.07, 6.45) is 5.75. The van der Waals surface area contributed by atoms with Crippen LogP contribution >= 0.6 is 11.8 Å². The molecule has 1 aliphatic carbocycles. The molecule has 1 saturated heterocycles. The Morgan fingerprint density at radius 3 is 2.38 bits per heavy atom. The summed E-state index contributed by atoms with van der Waals surface area (Å²) in [7, 11) is 0. The Morgan fingerprint density at radius 1 is 1.00 bits per heavy atom. The molecular weight excluding hydrogens is 182 g/mol. The van der Waals surface area contributed by atoms with Crippen LogP contribution < -0.4 is 5.32 Å². The number of hydrogen-bond donors (Lipinski definition) is 2. The molecule has 0 aromatic heterocycles. The van der Waals surface area contributed by atoms with Crippen molar-refractivity contribution in [1.29, 1.82) is 0 Å². The summed E-state index contributed by atoms with van der Waals surface area (Å²) in [5, 5.41) is 13.1. The van der Waals surface area contributed by atoms with E-state index < -0.39 is 0 Å². The first-order valence-electron chi connectivity index (χ1n) is 5.36. The summed E-state index contributed by atoms with van der Waals surface area (Å²) in [6, 6.07) is 1.33. The molecule has 1 aliphatic heterocycles. The van der Waals surface area contributed by atoms with Gasteiger partial charge in [-0.25, -0.2) is 0 Å². The first-order chi connectivity index (χ1) is 6.34. The Morgan fingerprint density at radius 2 is 1.77 bits per heavy atom. The molecule has 0 radical (unpaired) electrons. The fraction of sp³-hybridized carbons (Fsp3) is 1.00. The molecule has 13 heavy (non-hydrogen) atoms. The van der Waals surface area contributed by atoms with E-state index in [1.54, 1.807) is 0 Å². The quantitative estimate of drug-likeness (QED) is 0.708. The third kappa shape index (κ3) is 2.86. The van der Waals surface area contributed by atoms with E-state index in [2.05, 4.69) is 17.1 Å². The molecule has 2 rings (SSSR count). The van der Waals surface area contributed by atoms with Crippen LogP contribution in [-0.4, -0.2) is 34.8 Å². The largest absolute Gasteiger partial charge is 0.393 e. The minimum atomic E-state index is -0.0320. The first kappa shape index (κ1) is 9.81. The minimum Gasteiger partial charge on any atom is -0.393 e. The van der Waals surface area contributed by atoms with E-state index in [1.165, 1.54) is 30.8 Å². The number of aliphatic hydroxyl groups excluding tert-OH is 1. The van der Waals surface area contributed by atoms with Gasteiger partial charge in [0.2, 0.25) is 0 Å². The molecule has 0 amide bonds. The lowest BCUT2D eigenvalue weighted by atomic mass is 10.1. The van der Waals surface area contributed by atoms with Crippen molar-refractivity contribution in [3.8, 4) is 0 Å². The maximum Gasteiger partial charge on any atom is 0.0555 e. The normalized spacial score (nSPS) is 36.7. The van der Waals surface area contributed by atoms with E-state index in [-0.39, 0.29) is 6.10 Å². The second-order valence-corrected chi connectivity index (χ2v) is 5.44. The Hall–Kier alpha value is 0.270. The number of aliphatic hydroxyl groups is 1. The molecule has 76 valence electrons. The smallest absolute Gasteiger partial charge is 0.0555 e. The second-order valence-electron chi connectivity index (χ2n) is 4.22. The standard InChI is InChI=1S/C10H19NOS/c12-10-2-1-9(7-10)11-8-3-5-13-6-4-8/h8-12H,1-7H2/t9-,10+/m0/s1. The van der Waals surface area contributed by atoms with E-state index in [4.69, 9.17) is 0 Å². The zero-order valence-corrected chi connectivity index (χ0v) is 8.85. The van der Waals surface area contributed by atoms with Crippen LogP contribution in [0.15, 0.2) is 0 Å². The first-order valence-corrected chi connectivity index (χ1v) is 6.52. The highest BCUT2D eigenvalue weighted by molar-refractivity contribution is 7.99. The third-order valence-electron chi connectivity index (χ3n) is 3.10. The highest BCUT2D eigenvalue weighted by Crippen LogP contribution is 2.22. The van der Waals surface area contributed by atoms with Crippen LogP contribution in [0.3, 0.4) is 0 Å². The molecule has 2 N–H and O–H groups in total. The van der Waals surface area contributed by atoms with Crippen molar-refractivity contribution in [1.82, 2.24) is 5.32 Å². The number of nitrogens with one attached hydrogen (secondary N) is 1. The molecule has 0 spiro atoms. The van der Waals surface area contributed by atoms with Crippen molar-refractivity contribution in [3.63, 3.8) is 0 Å². The second kappa shape index (κ2) is 4.67. The van der Waals surface area contributed by atoms with Crippen molar-refractivity contribution in [2.24, 2.45) is 0 Å². The van der Waals surface area contributed by atoms with Gasteiger partial charge >= 0.3 is 0 Å². The monoisotopic (exact) mass is 201 g/mol. The molecular formula is C10H19NOS. The van der Waals surface area contributed by atoms with Gasteiger partial charge in [-0.2, -0.15) is 11.8 Å². The van der Waals surface area contributed by atoms with E-state index in [0.717, 1.165) is 18.9 Å². The highest BCUT2D eigenvalue weighted by Gasteiger charge is 2.25. The predicted molar refractivity (Wildman–Crippen MR) is 57.1 cm³/mol. The van der Waals surface area contributed by atoms with Gasteiger partial charge in [-0.3, -0.25) is 0 Å². The maximum atomic E-state index is 9.38. The summed E-state index contributed by atoms with van der Waals surface area (Å²) in [4.78, 5) is 0. The van der Waals surface area contributed by atoms with Gasteiger partial charge in [0, 0.05) is 12.1 Å². The maximum absolute atomic E-state index is 9.38. The molecule has 0 unspecified atom stereocenters. The van der Waals surface area contributed by atoms with Gasteiger partial charge in [-0.1, -0.05) is 0 Å². The van der Waals surface area contributed by atoms with Gasteiger partial charge in [0.05, 0.1) is 6.10 Å². The average molecular weight is 201 g/mol. The van der Waals surface area contributed by atoms with Gasteiger partial charge in [-0.05, 0) is 43.6 Å². The van der Waals surface area contributed by atoms with Crippen LogP contribution in [-0.2, 0) is 0 Å². The Bertz CT molecular complexity index is 156. The molecule has 2 fully saturated rings. The molecule has 2 aliphatic rings. The van der Waals surface area contributed by atoms with E-state index in [0.29, 0.717) is 6.04 Å². The van der Waals surface area contributed by atoms with Crippen LogP contribution in [0.25, 0.3) is 0 Å². The lowest BCUT2D eigenvalue weighted by Gasteiger charge is -2.26. The molecule has 2 nitrogen and oxygen atoms in total. The highest BCUT2D eigenvalue weighted by atomic mass is 32.2. The van der Waals surface area contributed by atoms with E-state index >= 15 is 0 Å². The van der Waals surface area contributed by atoms with Crippen molar-refractivity contribution in [2.75, 3.05) is 11.5 Å². The van der Waals surface area contributed by atoms with Gasteiger partial charge in [-0.15, -0.1) is 0 Å². The van der Waals surface area contributed by atoms with Gasteiger partial charge in [0.1, 0.15) is 0 Å². The average Bonchev–Trinajstić information content (AvgIpc) is 2.53. The van der Waals surface area contributed by atoms with Crippen LogP contribution in [0.4, 0.5) is 0 Å². The molecule has 0 aromatic carbocycles. The number of thioether (sulfide) groups is 1. The molecule has 2 atom stereocenters. The molecule has 0 bridgehead atoms. The predicted octanol–water partition coefficient (Wildman–Crippen LogP) is 1.38. The Labute approximate surface area is 84.5 Å². The lowest BCUT2D eigenvalue weighted by Crippen LogP contribution is -2.39. The zero-order valence-electron chi connectivity index (χ0n) is 8.04. The van der Waals surface area contributed by atoms with Crippen LogP contribution in [0.2, 0.25) is 0 Å². The minimum absolute atomic E-state index is 0.0320. The molecule has 1 heterocycles. The van der Waals surface area contributed by atoms with Crippen LogP contribution in [0.5, 0.6) is 0 Å². The Balaban J connectivity index is 1.71. The van der Waals surface area contributed by atoms with Crippen molar-refractivity contribution >= 4 is 11.8 Å². The summed E-state index contributed by atoms with van der Waals surface area (Å²) in [5.74, 6) is 2.62. The van der Waals surface area contributed by atoms with Gasteiger partial charge in [0.15, 0.2) is 0 Å². The van der Waals surface area contributed by atoms with Crippen molar-refractivity contribution in [2.45, 2.75) is 50.3 Å². The fourth-order valence-electron chi connectivity index (χ4n) is 2.31. The van der Waals surface area contributed by atoms with Crippen LogP contribution in [0.1, 0.15) is 32.1 Å². The van der Waals surface area contributed by atoms with E-state index in [1.807, 2.05) is 0 Å². The summed E-state index contributed by atoms with van der Waals surface area (Å²) in [5.41, 5.74) is 0. The SMILES string of the molecule is O[C@@H]1CC[C@H](NC2CCSCC2)C1. The van der Waals surface area contributed by atoms with Gasteiger partial charge in [0.25, 0.3) is 0 Å². The van der Waals surface area contributed by atoms with Crippen LogP contribution in [0, 0.1) is 0 Å². The van der Waals surface area contributed by atoms with E-state index in [9.17, 15) is 5.11 Å². The molecule has 0 aromatic rings. The number of hydrogen-bond acceptors (Lipinski definition) is 3. The molecule has 1 saturated carbocycles. The zero-order chi connectivity index (χ0) is 9.10. The van der Waals surface area contributed by atoms with Crippen molar-refractivity contribution < 1.29 is 5.11 Å². The third-order valence-corrected chi connectivity index (χ3v) is 4.15. The lowest BCUT2D eigenvalue weighted by molar-refractivity contribution is 0.178. The topological polar surface area (TPSA) is 32.3 Å². The van der Waals surface area contributed by atoms with Crippen molar-refractivity contribution in [3.05, 3.63) is 0 Å². The summed E-state index contributed by atoms with van der Waals surface area (Å²) < 4.78 is 0. The summed E-state index contributed by atoms with van der Waals surface area (Å²) >= 11 is 2.07. The fourth-order valence-corrected chi connectivity index (χ4v) is 3.41. The Kier molecular flexibility index (Phi) is 3.52.